The van der Waals surface area contributed by atoms with Crippen LogP contribution in [0, 0.1) is 0 Å². The van der Waals surface area contributed by atoms with Crippen molar-refractivity contribution in [3.05, 3.63) is 47.3 Å². The molecule has 7 heteroatoms. The van der Waals surface area contributed by atoms with Crippen molar-refractivity contribution >= 4 is 11.6 Å². The number of hydrogen-bond donors (Lipinski definition) is 1. The Morgan fingerprint density at radius 1 is 1.33 bits per heavy atom. The Hall–Kier alpha value is -2.44. The van der Waals surface area contributed by atoms with E-state index in [0.717, 1.165) is 22.5 Å². The van der Waals surface area contributed by atoms with Gasteiger partial charge in [-0.1, -0.05) is 6.07 Å². The maximum Gasteiger partial charge on any atom is 0.272 e. The number of aromatic nitrogens is 2. The van der Waals surface area contributed by atoms with Crippen molar-refractivity contribution in [2.24, 2.45) is 0 Å². The lowest BCUT2D eigenvalue weighted by molar-refractivity contribution is -0.129. The molecule has 0 bridgehead atoms. The van der Waals surface area contributed by atoms with Crippen molar-refractivity contribution < 1.29 is 13.6 Å². The third-order valence-electron chi connectivity index (χ3n) is 4.69. The number of anilines is 1. The van der Waals surface area contributed by atoms with E-state index in [9.17, 15) is 13.6 Å². The van der Waals surface area contributed by atoms with E-state index in [-0.39, 0.29) is 12.3 Å². The van der Waals surface area contributed by atoms with Gasteiger partial charge in [-0.05, 0) is 29.3 Å². The number of carbonyl (C=O) groups is 1. The van der Waals surface area contributed by atoms with Gasteiger partial charge in [-0.2, -0.15) is 5.10 Å². The van der Waals surface area contributed by atoms with E-state index in [1.54, 1.807) is 24.1 Å². The molecule has 1 aromatic carbocycles. The molecule has 1 fully saturated rings. The summed E-state index contributed by atoms with van der Waals surface area (Å²) in [6.07, 6.45) is 1.42. The molecule has 126 valence electrons. The summed E-state index contributed by atoms with van der Waals surface area (Å²) >= 11 is 0. The number of rotatable bonds is 4. The molecule has 0 saturated heterocycles. The van der Waals surface area contributed by atoms with Gasteiger partial charge in [0.15, 0.2) is 0 Å². The number of hydrogen-bond acceptors (Lipinski definition) is 3. The first-order chi connectivity index (χ1) is 11.4. The smallest absolute Gasteiger partial charge is 0.272 e. The molecule has 2 aliphatic rings. The lowest BCUT2D eigenvalue weighted by Gasteiger charge is -2.11. The Bertz CT molecular complexity index is 802. The molecule has 4 rings (SSSR count). The molecule has 1 aliphatic heterocycles. The van der Waals surface area contributed by atoms with Crippen LogP contribution in [-0.2, 0) is 24.4 Å². The summed E-state index contributed by atoms with van der Waals surface area (Å²) in [5.41, 5.74) is 3.92. The molecule has 1 saturated carbocycles. The summed E-state index contributed by atoms with van der Waals surface area (Å²) in [7, 11) is 0. The van der Waals surface area contributed by atoms with Crippen LogP contribution < -0.4 is 5.32 Å². The number of halogens is 2. The van der Waals surface area contributed by atoms with Crippen LogP contribution in [0.25, 0.3) is 0 Å². The second-order valence-corrected chi connectivity index (χ2v) is 6.46. The van der Waals surface area contributed by atoms with Gasteiger partial charge in [0.1, 0.15) is 6.04 Å². The zero-order valence-corrected chi connectivity index (χ0v) is 13.3. The molecule has 2 aromatic rings. The topological polar surface area (TPSA) is 50.2 Å². The predicted molar refractivity (Wildman–Crippen MR) is 84.5 cm³/mol. The van der Waals surface area contributed by atoms with Crippen LogP contribution >= 0.6 is 0 Å². The van der Waals surface area contributed by atoms with Gasteiger partial charge < -0.3 is 10.2 Å². The van der Waals surface area contributed by atoms with Crippen LogP contribution in [0.1, 0.15) is 36.2 Å². The first-order valence-electron chi connectivity index (χ1n) is 7.95. The number of benzene rings is 1. The summed E-state index contributed by atoms with van der Waals surface area (Å²) in [5.74, 6) is -2.57. The molecule has 1 atom stereocenters. The predicted octanol–water partition coefficient (Wildman–Crippen LogP) is 2.94. The molecular formula is C17H18F2N4O. The highest BCUT2D eigenvalue weighted by Crippen LogP contribution is 2.52. The van der Waals surface area contributed by atoms with Crippen LogP contribution in [0.15, 0.2) is 30.5 Å². The van der Waals surface area contributed by atoms with E-state index in [1.165, 1.54) is 4.68 Å². The van der Waals surface area contributed by atoms with E-state index < -0.39 is 12.0 Å². The molecule has 0 spiro atoms. The fourth-order valence-electron chi connectivity index (χ4n) is 3.15. The third-order valence-corrected chi connectivity index (χ3v) is 4.69. The van der Waals surface area contributed by atoms with E-state index >= 15 is 0 Å². The lowest BCUT2D eigenvalue weighted by Crippen LogP contribution is -2.21. The van der Waals surface area contributed by atoms with Gasteiger partial charge in [-0.3, -0.25) is 9.48 Å². The van der Waals surface area contributed by atoms with Crippen molar-refractivity contribution in [1.82, 2.24) is 14.7 Å². The second-order valence-electron chi connectivity index (χ2n) is 6.46. The fourth-order valence-corrected chi connectivity index (χ4v) is 3.15. The molecule has 2 heterocycles. The fraction of sp³-hybridized carbons (Fsp3) is 0.412. The molecule has 1 N–H and O–H groups in total. The van der Waals surface area contributed by atoms with Crippen molar-refractivity contribution in [2.45, 2.75) is 44.9 Å². The van der Waals surface area contributed by atoms with Gasteiger partial charge in [0.05, 0.1) is 12.2 Å². The van der Waals surface area contributed by atoms with E-state index in [2.05, 4.69) is 10.4 Å². The highest BCUT2D eigenvalue weighted by atomic mass is 19.3. The number of nitrogens with zero attached hydrogens (tertiary/aromatic N) is 3. The van der Waals surface area contributed by atoms with E-state index in [0.29, 0.717) is 19.6 Å². The van der Waals surface area contributed by atoms with Crippen LogP contribution in [0.2, 0.25) is 0 Å². The maximum absolute atomic E-state index is 13.2. The van der Waals surface area contributed by atoms with Crippen molar-refractivity contribution in [3.8, 4) is 0 Å². The summed E-state index contributed by atoms with van der Waals surface area (Å²) in [4.78, 5) is 13.3. The molecule has 1 amide bonds. The summed E-state index contributed by atoms with van der Waals surface area (Å²) in [6.45, 7) is 3.27. The largest absolute Gasteiger partial charge is 0.379 e. The van der Waals surface area contributed by atoms with Crippen LogP contribution in [-0.4, -0.2) is 26.5 Å². The van der Waals surface area contributed by atoms with Gasteiger partial charge in [-0.25, -0.2) is 8.78 Å². The molecule has 1 aromatic heterocycles. The average Bonchev–Trinajstić information content (AvgIpc) is 2.96. The van der Waals surface area contributed by atoms with Crippen molar-refractivity contribution in [3.63, 3.8) is 0 Å². The van der Waals surface area contributed by atoms with Gasteiger partial charge in [-0.15, -0.1) is 0 Å². The van der Waals surface area contributed by atoms with Crippen LogP contribution in [0.5, 0.6) is 0 Å². The highest BCUT2D eigenvalue weighted by Gasteiger charge is 2.59. The highest BCUT2D eigenvalue weighted by molar-refractivity contribution is 5.74. The Morgan fingerprint density at radius 2 is 2.08 bits per heavy atom. The standard InChI is InChI=1S/C17H18F2N4O/c1-11(24)22-9-12-2-3-14(6-13(12)10-22)20-8-15-4-5-21-23(15)16-7-17(16,18)19/h2-6,16,20H,7-10H2,1H3. The van der Waals surface area contributed by atoms with Gasteiger partial charge in [0.2, 0.25) is 5.91 Å². The SMILES string of the molecule is CC(=O)N1Cc2ccc(NCc3ccnn3C3CC3(F)F)cc2C1. The van der Waals surface area contributed by atoms with Crippen LogP contribution in [0.3, 0.4) is 0 Å². The average molecular weight is 332 g/mol. The quantitative estimate of drug-likeness (QED) is 0.936. The minimum atomic E-state index is -2.63. The number of amides is 1. The number of carbonyl (C=O) groups excluding carboxylic acids is 1. The zero-order valence-electron chi connectivity index (χ0n) is 13.3. The summed E-state index contributed by atoms with van der Waals surface area (Å²) < 4.78 is 27.9. The lowest BCUT2D eigenvalue weighted by atomic mass is 10.1. The molecule has 1 aliphatic carbocycles. The molecule has 24 heavy (non-hydrogen) atoms. The minimum absolute atomic E-state index is 0.0648. The van der Waals surface area contributed by atoms with E-state index in [1.807, 2.05) is 18.2 Å². The van der Waals surface area contributed by atoms with E-state index in [4.69, 9.17) is 0 Å². The Labute approximate surface area is 138 Å². The third kappa shape index (κ3) is 2.64. The summed E-state index contributed by atoms with van der Waals surface area (Å²) in [6, 6.07) is 6.92. The number of alkyl halides is 2. The van der Waals surface area contributed by atoms with Gasteiger partial charge in [0.25, 0.3) is 5.92 Å². The van der Waals surface area contributed by atoms with Gasteiger partial charge >= 0.3 is 0 Å². The molecular weight excluding hydrogens is 314 g/mol. The van der Waals surface area contributed by atoms with Crippen molar-refractivity contribution in [2.75, 3.05) is 5.32 Å². The van der Waals surface area contributed by atoms with Gasteiger partial charge in [0, 0.05) is 38.3 Å². The second kappa shape index (κ2) is 5.29. The van der Waals surface area contributed by atoms with Crippen molar-refractivity contribution in [1.29, 1.82) is 0 Å². The Morgan fingerprint density at radius 3 is 2.79 bits per heavy atom. The molecule has 1 unspecified atom stereocenters. The number of nitrogens with one attached hydrogen (secondary N) is 1. The summed E-state index contributed by atoms with van der Waals surface area (Å²) in [5, 5.41) is 7.29. The monoisotopic (exact) mass is 332 g/mol. The van der Waals surface area contributed by atoms with Crippen LogP contribution in [0.4, 0.5) is 14.5 Å². The Balaban J connectivity index is 1.44. The first-order valence-corrected chi connectivity index (χ1v) is 7.95. The first kappa shape index (κ1) is 15.1. The Kier molecular flexibility index (Phi) is 3.33. The molecule has 5 nitrogen and oxygen atoms in total. The maximum atomic E-state index is 13.2. The zero-order chi connectivity index (χ0) is 16.9. The normalized spacial score (nSPS) is 20.8. The number of fused-ring (bicyclic) bond motifs is 1. The molecule has 0 radical (unpaired) electrons. The minimum Gasteiger partial charge on any atom is -0.379 e.